The summed E-state index contributed by atoms with van der Waals surface area (Å²) in [5.41, 5.74) is 0. The molecule has 2 fully saturated rings. The smallest absolute Gasteiger partial charge is 0.00159 e. The van der Waals surface area contributed by atoms with Crippen LogP contribution in [0.3, 0.4) is 0 Å². The average molecular weight is 168 g/mol. The molecule has 2 aliphatic rings. The molecule has 12 heavy (non-hydrogen) atoms. The fourth-order valence-electron chi connectivity index (χ4n) is 2.60. The third-order valence-corrected chi connectivity index (χ3v) is 3.63. The van der Waals surface area contributed by atoms with Crippen LogP contribution in [0.15, 0.2) is 0 Å². The standard InChI is InChI=1S/C10H20N2/c1-3-12(4-2)7-10-8-5-11-6-9(8)10/h8-11H,3-7H2,1-2H3/t8-,9+,10+. The van der Waals surface area contributed by atoms with Gasteiger partial charge in [0.1, 0.15) is 0 Å². The Kier molecular flexibility index (Phi) is 2.37. The molecule has 0 amide bonds. The summed E-state index contributed by atoms with van der Waals surface area (Å²) in [5, 5.41) is 3.44. The highest BCUT2D eigenvalue weighted by atomic mass is 15.1. The Hall–Kier alpha value is -0.0800. The summed E-state index contributed by atoms with van der Waals surface area (Å²) >= 11 is 0. The Morgan fingerprint density at radius 2 is 1.75 bits per heavy atom. The van der Waals surface area contributed by atoms with Crippen molar-refractivity contribution in [3.05, 3.63) is 0 Å². The normalized spacial score (nSPS) is 38.8. The van der Waals surface area contributed by atoms with Gasteiger partial charge in [0.2, 0.25) is 0 Å². The molecular weight excluding hydrogens is 148 g/mol. The number of hydrogen-bond donors (Lipinski definition) is 1. The SMILES string of the molecule is CCN(CC)C[C@H]1[C@@H]2CNC[C@@H]21. The second-order valence-electron chi connectivity index (χ2n) is 4.14. The number of hydrogen-bond acceptors (Lipinski definition) is 2. The molecule has 1 aliphatic heterocycles. The van der Waals surface area contributed by atoms with Crippen LogP contribution in [-0.4, -0.2) is 37.6 Å². The Labute approximate surface area is 75.3 Å². The van der Waals surface area contributed by atoms with E-state index in [1.165, 1.54) is 32.7 Å². The van der Waals surface area contributed by atoms with Crippen LogP contribution >= 0.6 is 0 Å². The number of fused-ring (bicyclic) bond motifs is 1. The molecule has 0 unspecified atom stereocenters. The highest BCUT2D eigenvalue weighted by molar-refractivity contribution is 5.04. The maximum absolute atomic E-state index is 3.44. The first kappa shape index (κ1) is 8.52. The van der Waals surface area contributed by atoms with E-state index >= 15 is 0 Å². The Morgan fingerprint density at radius 3 is 2.25 bits per heavy atom. The van der Waals surface area contributed by atoms with Gasteiger partial charge in [0.25, 0.3) is 0 Å². The third-order valence-electron chi connectivity index (χ3n) is 3.63. The summed E-state index contributed by atoms with van der Waals surface area (Å²) in [7, 11) is 0. The maximum atomic E-state index is 3.44. The number of nitrogens with one attached hydrogen (secondary N) is 1. The van der Waals surface area contributed by atoms with Gasteiger partial charge in [-0.2, -0.15) is 0 Å². The molecule has 2 nitrogen and oxygen atoms in total. The molecule has 2 rings (SSSR count). The average Bonchev–Trinajstić information content (AvgIpc) is 2.57. The lowest BCUT2D eigenvalue weighted by Gasteiger charge is -2.18. The zero-order valence-corrected chi connectivity index (χ0v) is 8.21. The summed E-state index contributed by atoms with van der Waals surface area (Å²) in [5.74, 6) is 3.10. The van der Waals surface area contributed by atoms with E-state index in [2.05, 4.69) is 24.1 Å². The van der Waals surface area contributed by atoms with Crippen molar-refractivity contribution in [3.8, 4) is 0 Å². The second kappa shape index (κ2) is 3.35. The number of piperidine rings is 1. The Morgan fingerprint density at radius 1 is 1.17 bits per heavy atom. The monoisotopic (exact) mass is 168 g/mol. The Bertz CT molecular complexity index is 144. The van der Waals surface area contributed by atoms with Crippen molar-refractivity contribution >= 4 is 0 Å². The maximum Gasteiger partial charge on any atom is 0.00159 e. The lowest BCUT2D eigenvalue weighted by atomic mass is 10.2. The van der Waals surface area contributed by atoms with Crippen molar-refractivity contribution in [3.63, 3.8) is 0 Å². The van der Waals surface area contributed by atoms with Crippen LogP contribution < -0.4 is 5.32 Å². The summed E-state index contributed by atoms with van der Waals surface area (Å²) < 4.78 is 0. The van der Waals surface area contributed by atoms with Gasteiger partial charge in [-0.1, -0.05) is 13.8 Å². The predicted molar refractivity (Wildman–Crippen MR) is 51.1 cm³/mol. The van der Waals surface area contributed by atoms with Crippen LogP contribution in [-0.2, 0) is 0 Å². The minimum absolute atomic E-state index is 1.03. The molecule has 0 aromatic rings. The predicted octanol–water partition coefficient (Wildman–Crippen LogP) is 0.794. The summed E-state index contributed by atoms with van der Waals surface area (Å²) in [6, 6.07) is 0. The molecule has 1 aliphatic carbocycles. The topological polar surface area (TPSA) is 15.3 Å². The van der Waals surface area contributed by atoms with Crippen LogP contribution in [0.1, 0.15) is 13.8 Å². The molecular formula is C10H20N2. The minimum atomic E-state index is 1.03. The van der Waals surface area contributed by atoms with Crippen LogP contribution in [0, 0.1) is 17.8 Å². The van der Waals surface area contributed by atoms with Crippen molar-refractivity contribution in [2.45, 2.75) is 13.8 Å². The van der Waals surface area contributed by atoms with Crippen LogP contribution in [0.5, 0.6) is 0 Å². The second-order valence-corrected chi connectivity index (χ2v) is 4.14. The summed E-state index contributed by atoms with van der Waals surface area (Å²) in [6.07, 6.45) is 0. The molecule has 70 valence electrons. The van der Waals surface area contributed by atoms with Crippen LogP contribution in [0.25, 0.3) is 0 Å². The summed E-state index contributed by atoms with van der Waals surface area (Å²) in [4.78, 5) is 2.56. The van der Waals surface area contributed by atoms with Gasteiger partial charge in [-0.25, -0.2) is 0 Å². The molecule has 0 aromatic heterocycles. The first-order chi connectivity index (χ1) is 5.86. The van der Waals surface area contributed by atoms with E-state index in [9.17, 15) is 0 Å². The molecule has 2 heteroatoms. The molecule has 1 saturated carbocycles. The van der Waals surface area contributed by atoms with Crippen molar-refractivity contribution in [2.24, 2.45) is 17.8 Å². The van der Waals surface area contributed by atoms with Gasteiger partial charge in [0.05, 0.1) is 0 Å². The highest BCUT2D eigenvalue weighted by Crippen LogP contribution is 2.48. The van der Waals surface area contributed by atoms with Gasteiger partial charge in [0, 0.05) is 6.54 Å². The minimum Gasteiger partial charge on any atom is -0.316 e. The van der Waals surface area contributed by atoms with E-state index in [0.29, 0.717) is 0 Å². The van der Waals surface area contributed by atoms with Gasteiger partial charge in [0.15, 0.2) is 0 Å². The van der Waals surface area contributed by atoms with Gasteiger partial charge in [-0.15, -0.1) is 0 Å². The largest absolute Gasteiger partial charge is 0.316 e. The zero-order chi connectivity index (χ0) is 8.55. The van der Waals surface area contributed by atoms with Gasteiger partial charge < -0.3 is 10.2 Å². The fraction of sp³-hybridized carbons (Fsp3) is 1.00. The van der Waals surface area contributed by atoms with Gasteiger partial charge in [-0.05, 0) is 43.9 Å². The molecule has 0 radical (unpaired) electrons. The highest BCUT2D eigenvalue weighted by Gasteiger charge is 2.52. The van der Waals surface area contributed by atoms with E-state index in [1.807, 2.05) is 0 Å². The molecule has 0 spiro atoms. The first-order valence-corrected chi connectivity index (χ1v) is 5.29. The van der Waals surface area contributed by atoms with E-state index in [4.69, 9.17) is 0 Å². The zero-order valence-electron chi connectivity index (χ0n) is 8.21. The summed E-state index contributed by atoms with van der Waals surface area (Å²) in [6.45, 7) is 10.9. The van der Waals surface area contributed by atoms with E-state index in [-0.39, 0.29) is 0 Å². The van der Waals surface area contributed by atoms with Crippen LogP contribution in [0.2, 0.25) is 0 Å². The molecule has 1 heterocycles. The molecule has 3 atom stereocenters. The van der Waals surface area contributed by atoms with E-state index < -0.39 is 0 Å². The lowest BCUT2D eigenvalue weighted by molar-refractivity contribution is 0.277. The third kappa shape index (κ3) is 1.38. The molecule has 0 aromatic carbocycles. The fourth-order valence-corrected chi connectivity index (χ4v) is 2.60. The van der Waals surface area contributed by atoms with Gasteiger partial charge in [-0.3, -0.25) is 0 Å². The van der Waals surface area contributed by atoms with Gasteiger partial charge >= 0.3 is 0 Å². The quantitative estimate of drug-likeness (QED) is 0.668. The molecule has 1 N–H and O–H groups in total. The van der Waals surface area contributed by atoms with E-state index in [0.717, 1.165) is 17.8 Å². The van der Waals surface area contributed by atoms with Crippen molar-refractivity contribution in [1.29, 1.82) is 0 Å². The van der Waals surface area contributed by atoms with Crippen LogP contribution in [0.4, 0.5) is 0 Å². The molecule has 0 bridgehead atoms. The number of nitrogens with zero attached hydrogens (tertiary/aromatic N) is 1. The Balaban J connectivity index is 1.74. The van der Waals surface area contributed by atoms with Crippen molar-refractivity contribution in [2.75, 3.05) is 32.7 Å². The van der Waals surface area contributed by atoms with Crippen molar-refractivity contribution < 1.29 is 0 Å². The first-order valence-electron chi connectivity index (χ1n) is 5.29. The van der Waals surface area contributed by atoms with Crippen molar-refractivity contribution in [1.82, 2.24) is 10.2 Å². The number of rotatable bonds is 4. The lowest BCUT2D eigenvalue weighted by Crippen LogP contribution is -2.28. The van der Waals surface area contributed by atoms with E-state index in [1.54, 1.807) is 0 Å². The molecule has 1 saturated heterocycles.